The second-order valence-electron chi connectivity index (χ2n) is 3.12. The predicted octanol–water partition coefficient (Wildman–Crippen LogP) is -0.211. The van der Waals surface area contributed by atoms with Crippen molar-refractivity contribution >= 4 is 5.78 Å². The smallest absolute Gasteiger partial charge is 0.143 e. The van der Waals surface area contributed by atoms with E-state index in [9.17, 15) is 4.79 Å². The lowest BCUT2D eigenvalue weighted by Gasteiger charge is -2.07. The van der Waals surface area contributed by atoms with Gasteiger partial charge in [0.25, 0.3) is 0 Å². The molecule has 1 rings (SSSR count). The molecule has 1 heterocycles. The molecule has 1 fully saturated rings. The first-order chi connectivity index (χ1) is 5.29. The van der Waals surface area contributed by atoms with Gasteiger partial charge in [0.2, 0.25) is 0 Å². The molecule has 1 aliphatic rings. The Labute approximate surface area is 67.5 Å². The number of Topliss-reactive ketones (excluding diaryl/α,β-unsaturated/α-hetero) is 1. The van der Waals surface area contributed by atoms with Crippen molar-refractivity contribution in [1.82, 2.24) is 10.6 Å². The van der Waals surface area contributed by atoms with Crippen LogP contribution in [0.15, 0.2) is 0 Å². The van der Waals surface area contributed by atoms with E-state index in [1.165, 1.54) is 6.42 Å². The van der Waals surface area contributed by atoms with Crippen molar-refractivity contribution in [2.45, 2.75) is 13.3 Å². The summed E-state index contributed by atoms with van der Waals surface area (Å²) in [6.45, 7) is 5.04. The van der Waals surface area contributed by atoms with Crippen molar-refractivity contribution in [1.29, 1.82) is 0 Å². The molecular formula is C8H15N2O. The van der Waals surface area contributed by atoms with Gasteiger partial charge in [-0.3, -0.25) is 4.79 Å². The van der Waals surface area contributed by atoms with Crippen molar-refractivity contribution in [3.63, 3.8) is 0 Å². The lowest BCUT2D eigenvalue weighted by Crippen LogP contribution is -2.27. The van der Waals surface area contributed by atoms with Crippen LogP contribution in [0.1, 0.15) is 13.3 Å². The summed E-state index contributed by atoms with van der Waals surface area (Å²) >= 11 is 0. The van der Waals surface area contributed by atoms with Gasteiger partial charge < -0.3 is 5.32 Å². The molecule has 1 saturated heterocycles. The van der Waals surface area contributed by atoms with E-state index >= 15 is 0 Å². The van der Waals surface area contributed by atoms with E-state index < -0.39 is 0 Å². The molecule has 0 aliphatic carbocycles. The molecule has 1 N–H and O–H groups in total. The minimum atomic E-state index is 0.208. The lowest BCUT2D eigenvalue weighted by molar-refractivity contribution is -0.116. The summed E-state index contributed by atoms with van der Waals surface area (Å²) in [5.41, 5.74) is 0. The number of nitrogens with one attached hydrogen (secondary N) is 1. The van der Waals surface area contributed by atoms with Crippen LogP contribution in [0, 0.1) is 5.92 Å². The van der Waals surface area contributed by atoms with Crippen LogP contribution in [0.25, 0.3) is 0 Å². The fourth-order valence-electron chi connectivity index (χ4n) is 1.26. The average Bonchev–Trinajstić information content (AvgIpc) is 2.39. The number of carbonyl (C=O) groups is 1. The molecule has 0 saturated carbocycles. The molecule has 0 spiro atoms. The predicted molar refractivity (Wildman–Crippen MR) is 43.5 cm³/mol. The molecule has 1 unspecified atom stereocenters. The fourth-order valence-corrected chi connectivity index (χ4v) is 1.26. The molecule has 63 valence electrons. The van der Waals surface area contributed by atoms with Gasteiger partial charge in [0.1, 0.15) is 5.78 Å². The van der Waals surface area contributed by atoms with Crippen molar-refractivity contribution in [2.24, 2.45) is 5.92 Å². The third kappa shape index (κ3) is 3.49. The topological polar surface area (TPSA) is 43.2 Å². The van der Waals surface area contributed by atoms with Crippen molar-refractivity contribution in [3.8, 4) is 0 Å². The second kappa shape index (κ2) is 4.46. The van der Waals surface area contributed by atoms with E-state index in [0.717, 1.165) is 19.6 Å². The van der Waals surface area contributed by atoms with Gasteiger partial charge >= 0.3 is 0 Å². The maximum absolute atomic E-state index is 10.5. The molecular weight excluding hydrogens is 140 g/mol. The zero-order chi connectivity index (χ0) is 8.10. The summed E-state index contributed by atoms with van der Waals surface area (Å²) < 4.78 is 0. The standard InChI is InChI=1S/C8H15N2O/c1-7(11)4-10-6-8-2-3-9-5-8/h8,10H,2-6H2,1H3. The zero-order valence-corrected chi connectivity index (χ0v) is 6.97. The molecule has 1 aliphatic heterocycles. The highest BCUT2D eigenvalue weighted by Gasteiger charge is 2.14. The first-order valence-corrected chi connectivity index (χ1v) is 4.12. The third-order valence-electron chi connectivity index (χ3n) is 1.89. The van der Waals surface area contributed by atoms with E-state index in [4.69, 9.17) is 0 Å². The molecule has 1 atom stereocenters. The Kier molecular flexibility index (Phi) is 3.52. The Hall–Kier alpha value is -0.410. The van der Waals surface area contributed by atoms with Crippen LogP contribution in [0.4, 0.5) is 0 Å². The van der Waals surface area contributed by atoms with E-state index in [0.29, 0.717) is 12.5 Å². The van der Waals surface area contributed by atoms with Crippen LogP contribution in [-0.2, 0) is 4.79 Å². The van der Waals surface area contributed by atoms with Gasteiger partial charge in [-0.15, -0.1) is 0 Å². The van der Waals surface area contributed by atoms with Crippen LogP contribution in [-0.4, -0.2) is 32.0 Å². The van der Waals surface area contributed by atoms with E-state index in [1.54, 1.807) is 6.92 Å². The van der Waals surface area contributed by atoms with Crippen LogP contribution in [0.5, 0.6) is 0 Å². The van der Waals surface area contributed by atoms with Crippen LogP contribution in [0.2, 0.25) is 0 Å². The Morgan fingerprint density at radius 3 is 3.09 bits per heavy atom. The molecule has 11 heavy (non-hydrogen) atoms. The summed E-state index contributed by atoms with van der Waals surface area (Å²) in [5, 5.41) is 7.35. The highest BCUT2D eigenvalue weighted by molar-refractivity contribution is 5.77. The normalized spacial score (nSPS) is 23.9. The monoisotopic (exact) mass is 155 g/mol. The molecule has 0 bridgehead atoms. The van der Waals surface area contributed by atoms with E-state index in [-0.39, 0.29) is 5.78 Å². The van der Waals surface area contributed by atoms with Gasteiger partial charge in [0.05, 0.1) is 6.54 Å². The van der Waals surface area contributed by atoms with Gasteiger partial charge in [-0.25, -0.2) is 5.32 Å². The van der Waals surface area contributed by atoms with Crippen molar-refractivity contribution < 1.29 is 4.79 Å². The lowest BCUT2D eigenvalue weighted by atomic mass is 10.1. The summed E-state index contributed by atoms with van der Waals surface area (Å²) in [7, 11) is 0. The molecule has 3 heteroatoms. The SMILES string of the molecule is CC(=O)CNCC1CC[N]C1. The summed E-state index contributed by atoms with van der Waals surface area (Å²) in [5.74, 6) is 0.884. The van der Waals surface area contributed by atoms with Crippen LogP contribution in [0.3, 0.4) is 0 Å². The number of hydrogen-bond donors (Lipinski definition) is 1. The molecule has 0 aromatic heterocycles. The van der Waals surface area contributed by atoms with Crippen molar-refractivity contribution in [2.75, 3.05) is 26.2 Å². The highest BCUT2D eigenvalue weighted by atomic mass is 16.1. The van der Waals surface area contributed by atoms with E-state index in [1.807, 2.05) is 0 Å². The number of hydrogen-bond acceptors (Lipinski definition) is 2. The highest BCUT2D eigenvalue weighted by Crippen LogP contribution is 2.06. The quantitative estimate of drug-likeness (QED) is 0.610. The summed E-state index contributed by atoms with van der Waals surface area (Å²) in [4.78, 5) is 10.5. The van der Waals surface area contributed by atoms with E-state index in [2.05, 4.69) is 10.6 Å². The minimum absolute atomic E-state index is 0.208. The minimum Gasteiger partial charge on any atom is -0.310 e. The maximum Gasteiger partial charge on any atom is 0.143 e. The largest absolute Gasteiger partial charge is 0.310 e. The zero-order valence-electron chi connectivity index (χ0n) is 6.97. The number of nitrogens with zero attached hydrogens (tertiary/aromatic N) is 1. The molecule has 0 aromatic carbocycles. The number of carbonyl (C=O) groups excluding carboxylic acids is 1. The molecule has 3 nitrogen and oxygen atoms in total. The second-order valence-corrected chi connectivity index (χ2v) is 3.12. The third-order valence-corrected chi connectivity index (χ3v) is 1.89. The fraction of sp³-hybridized carbons (Fsp3) is 0.875. The van der Waals surface area contributed by atoms with Gasteiger partial charge in [-0.1, -0.05) is 0 Å². The summed E-state index contributed by atoms with van der Waals surface area (Å²) in [6.07, 6.45) is 1.19. The first kappa shape index (κ1) is 8.68. The van der Waals surface area contributed by atoms with Crippen LogP contribution >= 0.6 is 0 Å². The first-order valence-electron chi connectivity index (χ1n) is 4.12. The number of ketones is 1. The molecule has 0 amide bonds. The summed E-state index contributed by atoms with van der Waals surface area (Å²) in [6, 6.07) is 0. The Morgan fingerprint density at radius 2 is 2.55 bits per heavy atom. The Bertz CT molecular complexity index is 130. The van der Waals surface area contributed by atoms with Crippen LogP contribution < -0.4 is 10.6 Å². The maximum atomic E-state index is 10.5. The van der Waals surface area contributed by atoms with Gasteiger partial charge in [0.15, 0.2) is 0 Å². The van der Waals surface area contributed by atoms with Gasteiger partial charge in [-0.05, 0) is 25.8 Å². The average molecular weight is 155 g/mol. The molecule has 1 radical (unpaired) electrons. The van der Waals surface area contributed by atoms with Gasteiger partial charge in [0, 0.05) is 13.1 Å². The van der Waals surface area contributed by atoms with Crippen molar-refractivity contribution in [3.05, 3.63) is 0 Å². The Balaban J connectivity index is 1.98. The molecule has 0 aromatic rings. The number of rotatable bonds is 4. The Morgan fingerprint density at radius 1 is 1.73 bits per heavy atom. The van der Waals surface area contributed by atoms with Gasteiger partial charge in [-0.2, -0.15) is 0 Å².